The van der Waals surface area contributed by atoms with Crippen molar-refractivity contribution in [3.8, 4) is 11.1 Å². The molecule has 0 spiro atoms. The normalized spacial score (nSPS) is 13.9. The first-order valence-electron chi connectivity index (χ1n) is 8.79. The van der Waals surface area contributed by atoms with Crippen molar-refractivity contribution in [3.05, 3.63) is 47.0 Å². The van der Waals surface area contributed by atoms with E-state index >= 15 is 0 Å². The van der Waals surface area contributed by atoms with Gasteiger partial charge in [-0.25, -0.2) is 28.3 Å². The Balaban J connectivity index is 1.94. The molecule has 12 heteroatoms. The molecule has 1 amide bonds. The third-order valence-electron chi connectivity index (χ3n) is 5.17. The maximum Gasteiger partial charge on any atom is 0.264 e. The Morgan fingerprint density at radius 3 is 2.67 bits per heavy atom. The van der Waals surface area contributed by atoms with Crippen molar-refractivity contribution in [3.63, 3.8) is 0 Å². The zero-order valence-corrected chi connectivity index (χ0v) is 17.3. The average molecular weight is 437 g/mol. The van der Waals surface area contributed by atoms with Gasteiger partial charge in [-0.2, -0.15) is 0 Å². The summed E-state index contributed by atoms with van der Waals surface area (Å²) in [5, 5.41) is 8.86. The van der Waals surface area contributed by atoms with E-state index in [0.717, 1.165) is 30.0 Å². The van der Waals surface area contributed by atoms with E-state index in [1.807, 2.05) is 0 Å². The molecule has 0 aliphatic carbocycles. The van der Waals surface area contributed by atoms with E-state index in [4.69, 9.17) is 5.21 Å². The van der Waals surface area contributed by atoms with Crippen LogP contribution in [0.15, 0.2) is 35.6 Å². The number of sulfone groups is 1. The number of hydrogen-bond acceptors (Lipinski definition) is 7. The SMILES string of the molecule is Cn1cnc2cc(-c3cc(=O)n(CCC(C)(C(=O)NO)S(C)(=O)=O)cc3F)cnc21. The summed E-state index contributed by atoms with van der Waals surface area (Å²) >= 11 is 0. The lowest BCUT2D eigenvalue weighted by Crippen LogP contribution is -2.50. The van der Waals surface area contributed by atoms with Crippen LogP contribution in [0.4, 0.5) is 4.39 Å². The first kappa shape index (κ1) is 21.6. The smallest absolute Gasteiger partial charge is 0.264 e. The summed E-state index contributed by atoms with van der Waals surface area (Å²) in [6.45, 7) is 0.863. The number of imidazole rings is 1. The maximum atomic E-state index is 14.7. The van der Waals surface area contributed by atoms with Gasteiger partial charge in [-0.15, -0.1) is 0 Å². The van der Waals surface area contributed by atoms with Crippen LogP contribution in [0.5, 0.6) is 0 Å². The number of rotatable bonds is 6. The molecule has 10 nitrogen and oxygen atoms in total. The molecular formula is C18H20FN5O5S. The molecule has 3 rings (SSSR count). The number of carbonyl (C=O) groups is 1. The van der Waals surface area contributed by atoms with Crippen LogP contribution >= 0.6 is 0 Å². The molecule has 0 saturated carbocycles. The lowest BCUT2D eigenvalue weighted by molar-refractivity contribution is -0.131. The molecule has 2 N–H and O–H groups in total. The van der Waals surface area contributed by atoms with Gasteiger partial charge in [-0.1, -0.05) is 0 Å². The number of nitrogens with one attached hydrogen (secondary N) is 1. The van der Waals surface area contributed by atoms with Gasteiger partial charge in [0, 0.05) is 49.4 Å². The number of fused-ring (bicyclic) bond motifs is 1. The largest absolute Gasteiger partial charge is 0.318 e. The highest BCUT2D eigenvalue weighted by molar-refractivity contribution is 7.92. The molecule has 1 atom stereocenters. The molecule has 0 radical (unpaired) electrons. The molecule has 3 heterocycles. The lowest BCUT2D eigenvalue weighted by Gasteiger charge is -2.25. The van der Waals surface area contributed by atoms with Gasteiger partial charge in [0.2, 0.25) is 0 Å². The standard InChI is InChI=1S/C18H20FN5O5S/c1-18(17(26)22-27,30(3,28)29)4-5-24-9-13(19)12(7-15(24)25)11-6-14-16(20-8-11)23(2)10-21-14/h6-10,27H,4-5H2,1-3H3,(H,22,26). The predicted molar refractivity (Wildman–Crippen MR) is 106 cm³/mol. The summed E-state index contributed by atoms with van der Waals surface area (Å²) in [6, 6.07) is 2.68. The van der Waals surface area contributed by atoms with Crippen molar-refractivity contribution >= 4 is 26.9 Å². The van der Waals surface area contributed by atoms with E-state index < -0.39 is 31.9 Å². The van der Waals surface area contributed by atoms with Crippen LogP contribution in [0.25, 0.3) is 22.3 Å². The Labute approximate surface area is 170 Å². The van der Waals surface area contributed by atoms with Crippen LogP contribution in [0, 0.1) is 5.82 Å². The monoisotopic (exact) mass is 437 g/mol. The second-order valence-corrected chi connectivity index (χ2v) is 9.63. The van der Waals surface area contributed by atoms with Crippen molar-refractivity contribution in [2.45, 2.75) is 24.6 Å². The van der Waals surface area contributed by atoms with E-state index in [2.05, 4.69) is 9.97 Å². The molecular weight excluding hydrogens is 417 g/mol. The fraction of sp³-hybridized carbons (Fsp3) is 0.333. The molecule has 0 aromatic carbocycles. The molecule has 0 aliphatic heterocycles. The maximum absolute atomic E-state index is 14.7. The van der Waals surface area contributed by atoms with Crippen molar-refractivity contribution in [2.24, 2.45) is 7.05 Å². The van der Waals surface area contributed by atoms with Gasteiger partial charge in [0.25, 0.3) is 11.5 Å². The third-order valence-corrected chi connectivity index (χ3v) is 7.20. The van der Waals surface area contributed by atoms with Crippen LogP contribution in [0.2, 0.25) is 0 Å². The Morgan fingerprint density at radius 1 is 1.33 bits per heavy atom. The van der Waals surface area contributed by atoms with Crippen LogP contribution in [0.1, 0.15) is 13.3 Å². The van der Waals surface area contributed by atoms with Crippen molar-refractivity contribution in [2.75, 3.05) is 6.26 Å². The lowest BCUT2D eigenvalue weighted by atomic mass is 10.1. The summed E-state index contributed by atoms with van der Waals surface area (Å²) in [4.78, 5) is 32.8. The average Bonchev–Trinajstić information content (AvgIpc) is 3.06. The van der Waals surface area contributed by atoms with E-state index in [-0.39, 0.29) is 18.5 Å². The zero-order valence-electron chi connectivity index (χ0n) is 16.5. The van der Waals surface area contributed by atoms with Crippen LogP contribution in [-0.4, -0.2) is 49.6 Å². The van der Waals surface area contributed by atoms with Gasteiger partial charge < -0.3 is 9.13 Å². The van der Waals surface area contributed by atoms with Gasteiger partial charge >= 0.3 is 0 Å². The van der Waals surface area contributed by atoms with E-state index in [1.54, 1.807) is 24.0 Å². The Kier molecular flexibility index (Phi) is 5.48. The summed E-state index contributed by atoms with van der Waals surface area (Å²) in [5.74, 6) is -1.86. The summed E-state index contributed by atoms with van der Waals surface area (Å²) in [6.07, 6.45) is 4.43. The number of nitrogens with zero attached hydrogens (tertiary/aromatic N) is 4. The van der Waals surface area contributed by atoms with Crippen molar-refractivity contribution < 1.29 is 22.8 Å². The molecule has 0 fully saturated rings. The van der Waals surface area contributed by atoms with E-state index in [9.17, 15) is 22.4 Å². The molecule has 160 valence electrons. The second-order valence-electron chi connectivity index (χ2n) is 7.18. The number of halogens is 1. The Bertz CT molecular complexity index is 1300. The molecule has 3 aromatic rings. The molecule has 0 bridgehead atoms. The van der Waals surface area contributed by atoms with E-state index in [0.29, 0.717) is 16.7 Å². The van der Waals surface area contributed by atoms with Gasteiger partial charge in [0.05, 0.1) is 6.33 Å². The van der Waals surface area contributed by atoms with Gasteiger partial charge in [0.1, 0.15) is 11.3 Å². The van der Waals surface area contributed by atoms with Crippen LogP contribution < -0.4 is 11.0 Å². The molecule has 0 aliphatic rings. The number of aryl methyl sites for hydroxylation is 2. The minimum absolute atomic E-state index is 0.0234. The molecule has 1 unspecified atom stereocenters. The number of hydroxylamine groups is 1. The topological polar surface area (TPSA) is 136 Å². The van der Waals surface area contributed by atoms with E-state index in [1.165, 1.54) is 11.7 Å². The quantitative estimate of drug-likeness (QED) is 0.426. The van der Waals surface area contributed by atoms with Crippen LogP contribution in [0.3, 0.4) is 0 Å². The number of aromatic nitrogens is 4. The third kappa shape index (κ3) is 3.71. The number of pyridine rings is 2. The van der Waals surface area contributed by atoms with Gasteiger partial charge in [-0.3, -0.25) is 14.8 Å². The summed E-state index contributed by atoms with van der Waals surface area (Å²) < 4.78 is 39.5. The minimum Gasteiger partial charge on any atom is -0.318 e. The molecule has 3 aromatic heterocycles. The molecule has 0 saturated heterocycles. The number of hydrogen-bond donors (Lipinski definition) is 2. The fourth-order valence-electron chi connectivity index (χ4n) is 3.02. The number of amides is 1. The van der Waals surface area contributed by atoms with Crippen molar-refractivity contribution in [1.82, 2.24) is 24.6 Å². The summed E-state index contributed by atoms with van der Waals surface area (Å²) in [7, 11) is -2.17. The summed E-state index contributed by atoms with van der Waals surface area (Å²) in [5.41, 5.74) is 2.27. The second kappa shape index (κ2) is 7.61. The Hall–Kier alpha value is -3.12. The Morgan fingerprint density at radius 2 is 2.03 bits per heavy atom. The zero-order chi connectivity index (χ0) is 22.3. The fourth-order valence-corrected chi connectivity index (χ4v) is 3.87. The minimum atomic E-state index is -3.94. The first-order chi connectivity index (χ1) is 14.0. The van der Waals surface area contributed by atoms with Gasteiger partial charge in [-0.05, 0) is 19.4 Å². The van der Waals surface area contributed by atoms with Gasteiger partial charge in [0.15, 0.2) is 20.2 Å². The first-order valence-corrected chi connectivity index (χ1v) is 10.7. The van der Waals surface area contributed by atoms with Crippen molar-refractivity contribution in [1.29, 1.82) is 0 Å². The predicted octanol–water partition coefficient (Wildman–Crippen LogP) is 0.635. The van der Waals surface area contributed by atoms with Crippen LogP contribution in [-0.2, 0) is 28.2 Å². The highest BCUT2D eigenvalue weighted by atomic mass is 32.2. The number of carbonyl (C=O) groups excluding carboxylic acids is 1. The highest BCUT2D eigenvalue weighted by Gasteiger charge is 2.43. The molecule has 30 heavy (non-hydrogen) atoms. The highest BCUT2D eigenvalue weighted by Crippen LogP contribution is 2.25.